The van der Waals surface area contributed by atoms with E-state index in [1.165, 1.54) is 0 Å². The maximum absolute atomic E-state index is 11.0. The third-order valence-electron chi connectivity index (χ3n) is 2.10. The van der Waals surface area contributed by atoms with Crippen LogP contribution in [0.5, 0.6) is 0 Å². The van der Waals surface area contributed by atoms with E-state index in [1.54, 1.807) is 0 Å². The third kappa shape index (κ3) is 3.32. The van der Waals surface area contributed by atoms with Crippen LogP contribution in [0.1, 0.15) is 6.92 Å². The number of carbonyl (C=O) groups excluding carboxylic acids is 1. The fourth-order valence-electron chi connectivity index (χ4n) is 1.23. The Hall–Kier alpha value is -1.12. The van der Waals surface area contributed by atoms with E-state index in [9.17, 15) is 4.79 Å². The van der Waals surface area contributed by atoms with Crippen molar-refractivity contribution in [3.05, 3.63) is 0 Å². The van der Waals surface area contributed by atoms with Crippen LogP contribution >= 0.6 is 0 Å². The highest BCUT2D eigenvalue weighted by Gasteiger charge is 2.32. The molecule has 1 rings (SSSR count). The minimum atomic E-state index is -0.143. The zero-order valence-corrected chi connectivity index (χ0v) is 8.30. The van der Waals surface area contributed by atoms with Crippen molar-refractivity contribution in [1.82, 2.24) is 10.6 Å². The SMILES string of the molecule is CC1(CNCC(=O)NCC#N)COC1. The first-order valence-electron chi connectivity index (χ1n) is 4.58. The van der Waals surface area contributed by atoms with Gasteiger partial charge >= 0.3 is 0 Å². The molecule has 1 saturated heterocycles. The number of hydrogen-bond donors (Lipinski definition) is 2. The molecular formula is C9H15N3O2. The highest BCUT2D eigenvalue weighted by atomic mass is 16.5. The van der Waals surface area contributed by atoms with Gasteiger partial charge in [0.2, 0.25) is 5.91 Å². The quantitative estimate of drug-likeness (QED) is 0.569. The smallest absolute Gasteiger partial charge is 0.234 e. The van der Waals surface area contributed by atoms with Crippen LogP contribution in [0.25, 0.3) is 0 Å². The Morgan fingerprint density at radius 1 is 1.64 bits per heavy atom. The number of nitriles is 1. The molecule has 1 heterocycles. The zero-order valence-electron chi connectivity index (χ0n) is 8.30. The molecule has 0 unspecified atom stereocenters. The number of nitrogens with zero attached hydrogens (tertiary/aromatic N) is 1. The van der Waals surface area contributed by atoms with Crippen LogP contribution in [0.2, 0.25) is 0 Å². The van der Waals surface area contributed by atoms with Crippen LogP contribution in [0.4, 0.5) is 0 Å². The summed E-state index contributed by atoms with van der Waals surface area (Å²) in [6, 6.07) is 1.85. The van der Waals surface area contributed by atoms with E-state index in [2.05, 4.69) is 17.6 Å². The highest BCUT2D eigenvalue weighted by Crippen LogP contribution is 2.24. The molecule has 0 aromatic heterocycles. The summed E-state index contributed by atoms with van der Waals surface area (Å²) < 4.78 is 5.08. The van der Waals surface area contributed by atoms with E-state index in [-0.39, 0.29) is 24.4 Å². The van der Waals surface area contributed by atoms with Crippen LogP contribution in [-0.2, 0) is 9.53 Å². The van der Waals surface area contributed by atoms with Crippen molar-refractivity contribution in [1.29, 1.82) is 5.26 Å². The first-order chi connectivity index (χ1) is 6.66. The molecule has 0 radical (unpaired) electrons. The molecule has 1 fully saturated rings. The second-order valence-electron chi connectivity index (χ2n) is 3.84. The van der Waals surface area contributed by atoms with Gasteiger partial charge in [-0.2, -0.15) is 5.26 Å². The Morgan fingerprint density at radius 2 is 2.36 bits per heavy atom. The van der Waals surface area contributed by atoms with Crippen LogP contribution < -0.4 is 10.6 Å². The summed E-state index contributed by atoms with van der Waals surface area (Å²) in [5, 5.41) is 13.7. The van der Waals surface area contributed by atoms with Gasteiger partial charge in [-0.1, -0.05) is 6.92 Å². The summed E-state index contributed by atoms with van der Waals surface area (Å²) in [6.45, 7) is 4.71. The van der Waals surface area contributed by atoms with E-state index in [0.29, 0.717) is 0 Å². The van der Waals surface area contributed by atoms with E-state index in [0.717, 1.165) is 19.8 Å². The molecule has 0 aromatic rings. The van der Waals surface area contributed by atoms with Gasteiger partial charge in [0.05, 0.1) is 25.8 Å². The Kier molecular flexibility index (Phi) is 3.86. The normalized spacial score (nSPS) is 18.0. The second-order valence-corrected chi connectivity index (χ2v) is 3.84. The van der Waals surface area contributed by atoms with Crippen molar-refractivity contribution in [2.24, 2.45) is 5.41 Å². The molecule has 78 valence electrons. The lowest BCUT2D eigenvalue weighted by molar-refractivity contribution is -0.121. The Balaban J connectivity index is 2.03. The zero-order chi connectivity index (χ0) is 10.4. The number of ether oxygens (including phenoxy) is 1. The lowest BCUT2D eigenvalue weighted by Gasteiger charge is -2.38. The van der Waals surface area contributed by atoms with Crippen molar-refractivity contribution in [3.8, 4) is 6.07 Å². The molecule has 1 aliphatic rings. The van der Waals surface area contributed by atoms with Gasteiger partial charge in [0.25, 0.3) is 0 Å². The number of nitrogens with one attached hydrogen (secondary N) is 2. The highest BCUT2D eigenvalue weighted by molar-refractivity contribution is 5.78. The predicted molar refractivity (Wildman–Crippen MR) is 50.4 cm³/mol. The van der Waals surface area contributed by atoms with Crippen LogP contribution in [-0.4, -0.2) is 38.8 Å². The van der Waals surface area contributed by atoms with Crippen molar-refractivity contribution in [3.63, 3.8) is 0 Å². The first-order valence-corrected chi connectivity index (χ1v) is 4.58. The molecule has 0 aromatic carbocycles. The Labute approximate surface area is 83.4 Å². The molecule has 0 atom stereocenters. The van der Waals surface area contributed by atoms with Crippen LogP contribution in [0, 0.1) is 16.7 Å². The van der Waals surface area contributed by atoms with Crippen LogP contribution in [0.15, 0.2) is 0 Å². The predicted octanol–water partition coefficient (Wildman–Crippen LogP) is -0.748. The second kappa shape index (κ2) is 4.94. The molecule has 5 nitrogen and oxygen atoms in total. The van der Waals surface area contributed by atoms with E-state index < -0.39 is 0 Å². The van der Waals surface area contributed by atoms with Gasteiger partial charge in [-0.15, -0.1) is 0 Å². The lowest BCUT2D eigenvalue weighted by Crippen LogP contribution is -2.49. The molecule has 0 aliphatic carbocycles. The standard InChI is InChI=1S/C9H15N3O2/c1-9(6-14-7-9)5-11-4-8(13)12-3-2-10/h11H,3-7H2,1H3,(H,12,13). The molecule has 0 saturated carbocycles. The van der Waals surface area contributed by atoms with Gasteiger partial charge in [0, 0.05) is 12.0 Å². The summed E-state index contributed by atoms with van der Waals surface area (Å²) in [6.07, 6.45) is 0. The van der Waals surface area contributed by atoms with Gasteiger partial charge in [-0.25, -0.2) is 0 Å². The fraction of sp³-hybridized carbons (Fsp3) is 0.778. The summed E-state index contributed by atoms with van der Waals surface area (Å²) in [5.41, 5.74) is 0.176. The minimum absolute atomic E-state index is 0.0703. The van der Waals surface area contributed by atoms with Crippen molar-refractivity contribution < 1.29 is 9.53 Å². The molecule has 14 heavy (non-hydrogen) atoms. The first kappa shape index (κ1) is 11.0. The fourth-order valence-corrected chi connectivity index (χ4v) is 1.23. The summed E-state index contributed by atoms with van der Waals surface area (Å²) >= 11 is 0. The lowest BCUT2D eigenvalue weighted by atomic mass is 9.89. The maximum Gasteiger partial charge on any atom is 0.234 e. The van der Waals surface area contributed by atoms with Crippen LogP contribution in [0.3, 0.4) is 0 Å². The molecule has 1 amide bonds. The monoisotopic (exact) mass is 197 g/mol. The van der Waals surface area contributed by atoms with Gasteiger partial charge in [0.1, 0.15) is 6.54 Å². The molecule has 5 heteroatoms. The van der Waals surface area contributed by atoms with Crippen molar-refractivity contribution in [2.45, 2.75) is 6.92 Å². The molecule has 1 aliphatic heterocycles. The summed E-state index contributed by atoms with van der Waals surface area (Å²) in [5.74, 6) is -0.143. The Bertz CT molecular complexity index is 243. The molecule has 0 spiro atoms. The average Bonchev–Trinajstić information content (AvgIpc) is 2.12. The van der Waals surface area contributed by atoms with E-state index in [4.69, 9.17) is 10.00 Å². The molecule has 0 bridgehead atoms. The molecule has 2 N–H and O–H groups in total. The van der Waals surface area contributed by atoms with Gasteiger partial charge in [-0.3, -0.25) is 4.79 Å². The number of amides is 1. The van der Waals surface area contributed by atoms with Crippen molar-refractivity contribution >= 4 is 5.91 Å². The number of hydrogen-bond acceptors (Lipinski definition) is 4. The van der Waals surface area contributed by atoms with Crippen molar-refractivity contribution in [2.75, 3.05) is 32.8 Å². The van der Waals surface area contributed by atoms with Gasteiger partial charge in [-0.05, 0) is 0 Å². The number of rotatable bonds is 5. The van der Waals surface area contributed by atoms with E-state index in [1.807, 2.05) is 6.07 Å². The van der Waals surface area contributed by atoms with E-state index >= 15 is 0 Å². The third-order valence-corrected chi connectivity index (χ3v) is 2.10. The summed E-state index contributed by atoms with van der Waals surface area (Å²) in [4.78, 5) is 11.0. The largest absolute Gasteiger partial charge is 0.380 e. The topological polar surface area (TPSA) is 74.2 Å². The van der Waals surface area contributed by atoms with Gasteiger partial charge < -0.3 is 15.4 Å². The number of carbonyl (C=O) groups is 1. The summed E-state index contributed by atoms with van der Waals surface area (Å²) in [7, 11) is 0. The molecular weight excluding hydrogens is 182 g/mol. The minimum Gasteiger partial charge on any atom is -0.380 e. The average molecular weight is 197 g/mol. The Morgan fingerprint density at radius 3 is 2.86 bits per heavy atom. The maximum atomic E-state index is 11.0. The van der Waals surface area contributed by atoms with Gasteiger partial charge in [0.15, 0.2) is 0 Å².